The van der Waals surface area contributed by atoms with Gasteiger partial charge in [-0.3, -0.25) is 0 Å². The van der Waals surface area contributed by atoms with E-state index in [4.69, 9.17) is 9.84 Å². The molecule has 0 aliphatic heterocycles. The molecule has 1 aromatic carbocycles. The summed E-state index contributed by atoms with van der Waals surface area (Å²) in [5, 5.41) is 9.02. The van der Waals surface area contributed by atoms with Crippen molar-refractivity contribution in [1.29, 1.82) is 0 Å². The number of aliphatic hydroxyl groups is 1. The van der Waals surface area contributed by atoms with Crippen LogP contribution in [0.15, 0.2) is 24.3 Å². The maximum Gasteiger partial charge on any atom is 0.215 e. The quantitative estimate of drug-likeness (QED) is 0.641. The summed E-state index contributed by atoms with van der Waals surface area (Å²) in [7, 11) is -3.36. The van der Waals surface area contributed by atoms with Crippen molar-refractivity contribution in [3.8, 4) is 0 Å². The van der Waals surface area contributed by atoms with Gasteiger partial charge in [-0.05, 0) is 17.5 Å². The highest BCUT2D eigenvalue weighted by Gasteiger charge is 2.11. The third-order valence-electron chi connectivity index (χ3n) is 2.74. The molecule has 5 nitrogen and oxygen atoms in total. The van der Waals surface area contributed by atoms with E-state index in [-0.39, 0.29) is 18.9 Å². The Morgan fingerprint density at radius 3 is 2.70 bits per heavy atom. The number of rotatable bonds is 10. The Morgan fingerprint density at radius 2 is 2.00 bits per heavy atom. The van der Waals surface area contributed by atoms with Crippen molar-refractivity contribution >= 4 is 10.0 Å². The van der Waals surface area contributed by atoms with E-state index in [9.17, 15) is 8.42 Å². The molecule has 1 rings (SSSR count). The lowest BCUT2D eigenvalue weighted by atomic mass is 10.1. The first-order chi connectivity index (χ1) is 9.57. The molecule has 0 atom stereocenters. The van der Waals surface area contributed by atoms with Crippen molar-refractivity contribution in [2.24, 2.45) is 0 Å². The molecule has 20 heavy (non-hydrogen) atoms. The van der Waals surface area contributed by atoms with Crippen LogP contribution in [0, 0.1) is 0 Å². The summed E-state index contributed by atoms with van der Waals surface area (Å²) in [6, 6.07) is 6.92. The van der Waals surface area contributed by atoms with E-state index in [1.165, 1.54) is 0 Å². The molecule has 0 amide bonds. The number of aliphatic hydroxyl groups excluding tert-OH is 1. The third kappa shape index (κ3) is 7.00. The summed E-state index contributed by atoms with van der Waals surface area (Å²) in [6.45, 7) is 3.32. The first-order valence-corrected chi connectivity index (χ1v) is 8.46. The summed E-state index contributed by atoms with van der Waals surface area (Å²) < 4.78 is 31.5. The van der Waals surface area contributed by atoms with E-state index in [1.54, 1.807) is 24.3 Å². The van der Waals surface area contributed by atoms with E-state index in [0.717, 1.165) is 12.8 Å². The highest BCUT2D eigenvalue weighted by molar-refractivity contribution is 7.88. The minimum atomic E-state index is -3.36. The van der Waals surface area contributed by atoms with Crippen LogP contribution in [0.1, 0.15) is 30.9 Å². The second-order valence-corrected chi connectivity index (χ2v) is 6.40. The van der Waals surface area contributed by atoms with E-state index in [0.29, 0.717) is 24.3 Å². The molecule has 0 aromatic heterocycles. The summed E-state index contributed by atoms with van der Waals surface area (Å²) in [5.41, 5.74) is 1.37. The Morgan fingerprint density at radius 1 is 1.25 bits per heavy atom. The molecule has 2 N–H and O–H groups in total. The van der Waals surface area contributed by atoms with Crippen molar-refractivity contribution in [2.75, 3.05) is 19.8 Å². The summed E-state index contributed by atoms with van der Waals surface area (Å²) in [6.07, 6.45) is 2.05. The molecule has 114 valence electrons. The van der Waals surface area contributed by atoms with Crippen LogP contribution in [-0.2, 0) is 27.1 Å². The average Bonchev–Trinajstić information content (AvgIpc) is 2.42. The second kappa shape index (κ2) is 9.07. The molecule has 1 aromatic rings. The standard InChI is InChI=1S/C14H23NO4S/c1-2-3-8-19-9-7-15-20(17,18)12-14-6-4-5-13(10-14)11-16/h4-6,10,15-16H,2-3,7-9,11-12H2,1H3. The van der Waals surface area contributed by atoms with Crippen molar-refractivity contribution in [2.45, 2.75) is 32.1 Å². The van der Waals surface area contributed by atoms with Crippen LogP contribution >= 0.6 is 0 Å². The van der Waals surface area contributed by atoms with Gasteiger partial charge >= 0.3 is 0 Å². The van der Waals surface area contributed by atoms with Gasteiger partial charge in [0.05, 0.1) is 19.0 Å². The maximum absolute atomic E-state index is 11.9. The predicted molar refractivity (Wildman–Crippen MR) is 78.7 cm³/mol. The SMILES string of the molecule is CCCCOCCNS(=O)(=O)Cc1cccc(CO)c1. The molecule has 0 aliphatic rings. The van der Waals surface area contributed by atoms with Gasteiger partial charge in [0.15, 0.2) is 0 Å². The second-order valence-electron chi connectivity index (χ2n) is 4.60. The van der Waals surface area contributed by atoms with Crippen LogP contribution in [0.2, 0.25) is 0 Å². The Kier molecular flexibility index (Phi) is 7.76. The average molecular weight is 301 g/mol. The topological polar surface area (TPSA) is 75.6 Å². The van der Waals surface area contributed by atoms with E-state index in [1.807, 2.05) is 0 Å². The normalized spacial score (nSPS) is 11.7. The van der Waals surface area contributed by atoms with Gasteiger partial charge in [0, 0.05) is 13.2 Å². The van der Waals surface area contributed by atoms with Crippen LogP contribution in [0.5, 0.6) is 0 Å². The van der Waals surface area contributed by atoms with Gasteiger partial charge in [-0.25, -0.2) is 13.1 Å². The minimum Gasteiger partial charge on any atom is -0.392 e. The fourth-order valence-electron chi connectivity index (χ4n) is 1.71. The molecule has 6 heteroatoms. The minimum absolute atomic E-state index is 0.0875. The Balaban J connectivity index is 2.37. The van der Waals surface area contributed by atoms with Crippen LogP contribution in [0.25, 0.3) is 0 Å². The summed E-state index contributed by atoms with van der Waals surface area (Å²) in [4.78, 5) is 0. The molecule has 0 fully saturated rings. The first kappa shape index (κ1) is 17.1. The number of nitrogens with one attached hydrogen (secondary N) is 1. The van der Waals surface area contributed by atoms with Gasteiger partial charge in [0.2, 0.25) is 10.0 Å². The van der Waals surface area contributed by atoms with Gasteiger partial charge in [0.25, 0.3) is 0 Å². The molecule has 0 heterocycles. The van der Waals surface area contributed by atoms with Gasteiger partial charge < -0.3 is 9.84 Å². The number of hydrogen-bond acceptors (Lipinski definition) is 4. The van der Waals surface area contributed by atoms with Crippen molar-refractivity contribution in [1.82, 2.24) is 4.72 Å². The van der Waals surface area contributed by atoms with Gasteiger partial charge in [0.1, 0.15) is 0 Å². The maximum atomic E-state index is 11.9. The lowest BCUT2D eigenvalue weighted by Crippen LogP contribution is -2.28. The molecule has 0 bridgehead atoms. The van der Waals surface area contributed by atoms with Crippen molar-refractivity contribution in [3.05, 3.63) is 35.4 Å². The van der Waals surface area contributed by atoms with E-state index >= 15 is 0 Å². The van der Waals surface area contributed by atoms with Crippen LogP contribution < -0.4 is 4.72 Å². The molecule has 0 spiro atoms. The van der Waals surface area contributed by atoms with Gasteiger partial charge in [-0.15, -0.1) is 0 Å². The lowest BCUT2D eigenvalue weighted by Gasteiger charge is -2.08. The van der Waals surface area contributed by atoms with Crippen molar-refractivity contribution < 1.29 is 18.3 Å². The van der Waals surface area contributed by atoms with Crippen LogP contribution in [0.4, 0.5) is 0 Å². The molecular formula is C14H23NO4S. The van der Waals surface area contributed by atoms with Crippen LogP contribution in [-0.4, -0.2) is 33.3 Å². The fourth-order valence-corrected chi connectivity index (χ4v) is 2.82. The zero-order valence-corrected chi connectivity index (χ0v) is 12.7. The van der Waals surface area contributed by atoms with Crippen LogP contribution in [0.3, 0.4) is 0 Å². The Hall–Kier alpha value is -0.950. The number of hydrogen-bond donors (Lipinski definition) is 2. The summed E-state index contributed by atoms with van der Waals surface area (Å²) in [5.74, 6) is -0.0875. The molecule has 0 aliphatic carbocycles. The number of ether oxygens (including phenoxy) is 1. The fraction of sp³-hybridized carbons (Fsp3) is 0.571. The van der Waals surface area contributed by atoms with E-state index < -0.39 is 10.0 Å². The highest BCUT2D eigenvalue weighted by atomic mass is 32.2. The van der Waals surface area contributed by atoms with Gasteiger partial charge in [-0.1, -0.05) is 37.6 Å². The smallest absolute Gasteiger partial charge is 0.215 e. The zero-order chi connectivity index (χ0) is 14.8. The number of unbranched alkanes of at least 4 members (excludes halogenated alkanes) is 1. The molecular weight excluding hydrogens is 278 g/mol. The van der Waals surface area contributed by atoms with E-state index in [2.05, 4.69) is 11.6 Å². The molecule has 0 radical (unpaired) electrons. The molecule has 0 unspecified atom stereocenters. The number of sulfonamides is 1. The Labute approximate surface area is 121 Å². The lowest BCUT2D eigenvalue weighted by molar-refractivity contribution is 0.136. The van der Waals surface area contributed by atoms with Crippen molar-refractivity contribution in [3.63, 3.8) is 0 Å². The molecule has 0 saturated carbocycles. The third-order valence-corrected chi connectivity index (χ3v) is 4.10. The highest BCUT2D eigenvalue weighted by Crippen LogP contribution is 2.08. The zero-order valence-electron chi connectivity index (χ0n) is 11.8. The van der Waals surface area contributed by atoms with Gasteiger partial charge in [-0.2, -0.15) is 0 Å². The Bertz CT molecular complexity index is 488. The largest absolute Gasteiger partial charge is 0.392 e. The molecule has 0 saturated heterocycles. The summed E-state index contributed by atoms with van der Waals surface area (Å²) >= 11 is 0. The number of benzene rings is 1. The predicted octanol–water partition coefficient (Wildman–Crippen LogP) is 1.41. The first-order valence-electron chi connectivity index (χ1n) is 6.81. The monoisotopic (exact) mass is 301 g/mol.